The Labute approximate surface area is 173 Å². The fraction of sp³-hybridized carbons (Fsp3) is 0.409. The van der Waals surface area contributed by atoms with Crippen molar-refractivity contribution in [3.63, 3.8) is 0 Å². The molecule has 0 aliphatic carbocycles. The maximum atomic E-state index is 14.6. The van der Waals surface area contributed by atoms with Gasteiger partial charge in [-0.25, -0.2) is 19.2 Å². The van der Waals surface area contributed by atoms with E-state index in [2.05, 4.69) is 15.3 Å². The summed E-state index contributed by atoms with van der Waals surface area (Å²) in [5, 5.41) is 2.86. The summed E-state index contributed by atoms with van der Waals surface area (Å²) in [6, 6.07) is 6.17. The van der Waals surface area contributed by atoms with E-state index >= 15 is 0 Å². The van der Waals surface area contributed by atoms with E-state index in [1.165, 1.54) is 6.07 Å². The number of benzene rings is 1. The minimum Gasteiger partial charge on any atom is -0.378 e. The molecule has 2 aliphatic rings. The summed E-state index contributed by atoms with van der Waals surface area (Å²) in [7, 11) is 0. The fourth-order valence-corrected chi connectivity index (χ4v) is 4.18. The standard InChI is InChI=1S/C22H24FN5O2/c23-19-6-5-15(25-22(29)27-8-1-2-9-27)12-18(19)20-7-10-28-16(14-24-21(28)26-20)13-17-4-3-11-30-17/h5-7,10,12,14,17H,1-4,8-9,11,13H2,(H,25,29). The van der Waals surface area contributed by atoms with E-state index in [1.807, 2.05) is 10.6 Å². The van der Waals surface area contributed by atoms with Crippen molar-refractivity contribution in [3.05, 3.63) is 48.2 Å². The van der Waals surface area contributed by atoms with E-state index in [-0.39, 0.29) is 12.1 Å². The van der Waals surface area contributed by atoms with Gasteiger partial charge in [-0.3, -0.25) is 4.40 Å². The molecule has 0 radical (unpaired) electrons. The van der Waals surface area contributed by atoms with Crippen molar-refractivity contribution in [1.82, 2.24) is 19.3 Å². The Bertz CT molecular complexity index is 1070. The van der Waals surface area contributed by atoms with E-state index in [1.54, 1.807) is 29.3 Å². The maximum absolute atomic E-state index is 14.6. The Kier molecular flexibility index (Phi) is 5.08. The van der Waals surface area contributed by atoms with E-state index in [0.717, 1.165) is 57.5 Å². The third-order valence-corrected chi connectivity index (χ3v) is 5.80. The number of halogens is 1. The normalized spacial score (nSPS) is 19.0. The molecule has 4 heterocycles. The van der Waals surface area contributed by atoms with Gasteiger partial charge in [-0.15, -0.1) is 0 Å². The second-order valence-corrected chi connectivity index (χ2v) is 7.89. The fourth-order valence-electron chi connectivity index (χ4n) is 4.18. The molecule has 5 rings (SSSR count). The minimum atomic E-state index is -0.392. The number of urea groups is 1. The smallest absolute Gasteiger partial charge is 0.321 e. The third-order valence-electron chi connectivity index (χ3n) is 5.80. The third kappa shape index (κ3) is 3.75. The number of fused-ring (bicyclic) bond motifs is 1. The van der Waals surface area contributed by atoms with Crippen LogP contribution >= 0.6 is 0 Å². The molecular weight excluding hydrogens is 385 g/mol. The SMILES string of the molecule is O=C(Nc1ccc(F)c(-c2ccn3c(CC4CCCO4)cnc3n2)c1)N1CCCC1. The van der Waals surface area contributed by atoms with Gasteiger partial charge >= 0.3 is 6.03 Å². The largest absolute Gasteiger partial charge is 0.378 e. The van der Waals surface area contributed by atoms with Crippen LogP contribution in [0.25, 0.3) is 17.0 Å². The number of nitrogens with zero attached hydrogens (tertiary/aromatic N) is 4. The van der Waals surface area contributed by atoms with Gasteiger partial charge in [-0.1, -0.05) is 0 Å². The predicted molar refractivity (Wildman–Crippen MR) is 111 cm³/mol. The second kappa shape index (κ2) is 8.02. The second-order valence-electron chi connectivity index (χ2n) is 7.89. The van der Waals surface area contributed by atoms with Crippen LogP contribution in [0.3, 0.4) is 0 Å². The summed E-state index contributed by atoms with van der Waals surface area (Å²) < 4.78 is 22.2. The molecule has 0 bridgehead atoms. The van der Waals surface area contributed by atoms with Gasteiger partial charge in [0.2, 0.25) is 5.78 Å². The summed E-state index contributed by atoms with van der Waals surface area (Å²) in [4.78, 5) is 23.1. The Morgan fingerprint density at radius 3 is 2.90 bits per heavy atom. The van der Waals surface area contributed by atoms with Gasteiger partial charge in [0.15, 0.2) is 0 Å². The molecule has 2 aromatic heterocycles. The molecule has 2 amide bonds. The number of imidazole rings is 1. The lowest BCUT2D eigenvalue weighted by molar-refractivity contribution is 0.110. The molecule has 2 saturated heterocycles. The van der Waals surface area contributed by atoms with Crippen LogP contribution in [0.1, 0.15) is 31.4 Å². The van der Waals surface area contributed by atoms with Crippen molar-refractivity contribution in [2.24, 2.45) is 0 Å². The molecule has 30 heavy (non-hydrogen) atoms. The zero-order valence-electron chi connectivity index (χ0n) is 16.7. The predicted octanol–water partition coefficient (Wildman–Crippen LogP) is 3.88. The van der Waals surface area contributed by atoms with Gasteiger partial charge in [0.05, 0.1) is 18.0 Å². The first-order valence-electron chi connectivity index (χ1n) is 10.5. The molecule has 1 unspecified atom stereocenters. The van der Waals surface area contributed by atoms with Gasteiger partial charge in [0, 0.05) is 49.3 Å². The van der Waals surface area contributed by atoms with Crippen molar-refractivity contribution in [1.29, 1.82) is 0 Å². The van der Waals surface area contributed by atoms with Crippen LogP contribution < -0.4 is 5.32 Å². The average molecular weight is 409 g/mol. The lowest BCUT2D eigenvalue weighted by Crippen LogP contribution is -2.32. The lowest BCUT2D eigenvalue weighted by Gasteiger charge is -2.16. The number of nitrogens with one attached hydrogen (secondary N) is 1. The summed E-state index contributed by atoms with van der Waals surface area (Å²) >= 11 is 0. The number of ether oxygens (including phenoxy) is 1. The zero-order valence-corrected chi connectivity index (χ0v) is 16.7. The number of anilines is 1. The number of rotatable bonds is 4. The molecule has 1 atom stereocenters. The number of likely N-dealkylation sites (tertiary alicyclic amines) is 1. The van der Waals surface area contributed by atoms with Crippen LogP contribution in [0, 0.1) is 5.82 Å². The Morgan fingerprint density at radius 1 is 1.23 bits per heavy atom. The highest BCUT2D eigenvalue weighted by Crippen LogP contribution is 2.26. The quantitative estimate of drug-likeness (QED) is 0.710. The molecule has 2 aliphatic heterocycles. The topological polar surface area (TPSA) is 71.8 Å². The summed E-state index contributed by atoms with van der Waals surface area (Å²) in [6.07, 6.45) is 8.86. The minimum absolute atomic E-state index is 0.152. The molecule has 1 N–H and O–H groups in total. The van der Waals surface area contributed by atoms with Crippen LogP contribution in [0.2, 0.25) is 0 Å². The molecule has 2 fully saturated rings. The van der Waals surface area contributed by atoms with Gasteiger partial charge in [0.25, 0.3) is 0 Å². The van der Waals surface area contributed by atoms with Crippen LogP contribution in [0.15, 0.2) is 36.7 Å². The van der Waals surface area contributed by atoms with Crippen molar-refractivity contribution < 1.29 is 13.9 Å². The maximum Gasteiger partial charge on any atom is 0.321 e. The number of amides is 2. The van der Waals surface area contributed by atoms with Gasteiger partial charge < -0.3 is 15.0 Å². The van der Waals surface area contributed by atoms with E-state index in [0.29, 0.717) is 22.7 Å². The van der Waals surface area contributed by atoms with Crippen LogP contribution in [-0.2, 0) is 11.2 Å². The number of carbonyl (C=O) groups is 1. The van der Waals surface area contributed by atoms with Crippen LogP contribution in [0.5, 0.6) is 0 Å². The first-order chi connectivity index (χ1) is 14.7. The van der Waals surface area contributed by atoms with Gasteiger partial charge in [0.1, 0.15) is 5.82 Å². The monoisotopic (exact) mass is 409 g/mol. The molecule has 1 aromatic carbocycles. The molecular formula is C22H24FN5O2. The Hall–Kier alpha value is -3.00. The molecule has 0 saturated carbocycles. The van der Waals surface area contributed by atoms with Crippen molar-refractivity contribution in [3.8, 4) is 11.3 Å². The highest BCUT2D eigenvalue weighted by atomic mass is 19.1. The number of carbonyl (C=O) groups excluding carboxylic acids is 1. The average Bonchev–Trinajstić information content (AvgIpc) is 3.52. The molecule has 3 aromatic rings. The first-order valence-corrected chi connectivity index (χ1v) is 10.5. The van der Waals surface area contributed by atoms with Crippen molar-refractivity contribution in [2.75, 3.05) is 25.0 Å². The number of aromatic nitrogens is 3. The summed E-state index contributed by atoms with van der Waals surface area (Å²) in [5.41, 5.74) is 2.39. The van der Waals surface area contributed by atoms with Gasteiger partial charge in [-0.2, -0.15) is 0 Å². The molecule has 156 valence electrons. The Morgan fingerprint density at radius 2 is 2.10 bits per heavy atom. The van der Waals surface area contributed by atoms with Gasteiger partial charge in [-0.05, 0) is 49.9 Å². The van der Waals surface area contributed by atoms with E-state index in [9.17, 15) is 9.18 Å². The van der Waals surface area contributed by atoms with Crippen LogP contribution in [0.4, 0.5) is 14.9 Å². The highest BCUT2D eigenvalue weighted by molar-refractivity contribution is 5.90. The molecule has 7 nitrogen and oxygen atoms in total. The summed E-state index contributed by atoms with van der Waals surface area (Å²) in [5.74, 6) is 0.128. The number of hydrogen-bond acceptors (Lipinski definition) is 4. The lowest BCUT2D eigenvalue weighted by atomic mass is 10.1. The van der Waals surface area contributed by atoms with Crippen molar-refractivity contribution in [2.45, 2.75) is 38.2 Å². The Balaban J connectivity index is 1.39. The van der Waals surface area contributed by atoms with E-state index < -0.39 is 5.82 Å². The van der Waals surface area contributed by atoms with E-state index in [4.69, 9.17) is 4.74 Å². The molecule has 0 spiro atoms. The zero-order chi connectivity index (χ0) is 20.5. The number of hydrogen-bond donors (Lipinski definition) is 1. The van der Waals surface area contributed by atoms with Crippen LogP contribution in [-0.4, -0.2) is 51.1 Å². The molecule has 8 heteroatoms. The van der Waals surface area contributed by atoms with Crippen molar-refractivity contribution >= 4 is 17.5 Å². The first kappa shape index (κ1) is 19.0. The highest BCUT2D eigenvalue weighted by Gasteiger charge is 2.20. The summed E-state index contributed by atoms with van der Waals surface area (Å²) in [6.45, 7) is 2.33.